The second kappa shape index (κ2) is 5.50. The van der Waals surface area contributed by atoms with Gasteiger partial charge < -0.3 is 15.4 Å². The third kappa shape index (κ3) is 3.09. The zero-order valence-electron chi connectivity index (χ0n) is 12.0. The predicted octanol–water partition coefficient (Wildman–Crippen LogP) is 2.24. The zero-order valence-corrected chi connectivity index (χ0v) is 12.0. The van der Waals surface area contributed by atoms with E-state index in [-0.39, 0.29) is 5.56 Å². The van der Waals surface area contributed by atoms with Gasteiger partial charge in [0.25, 0.3) is 5.56 Å². The molecule has 0 aromatic carbocycles. The van der Waals surface area contributed by atoms with Crippen LogP contribution in [0.5, 0.6) is 0 Å². The molecule has 0 saturated heterocycles. The second-order valence-electron chi connectivity index (χ2n) is 6.22. The lowest BCUT2D eigenvalue weighted by Crippen LogP contribution is -2.46. The SMILES string of the molecule is O=C(O)C1(Nc2cc(=O)[nH]c(C3CC3)n2)CCCCCC1. The maximum atomic E-state index is 11.8. The van der Waals surface area contributed by atoms with E-state index < -0.39 is 11.5 Å². The number of carbonyl (C=O) groups is 1. The normalized spacial score (nSPS) is 21.5. The molecule has 21 heavy (non-hydrogen) atoms. The molecule has 0 bridgehead atoms. The van der Waals surface area contributed by atoms with Gasteiger partial charge in [0.15, 0.2) is 0 Å². The van der Waals surface area contributed by atoms with E-state index in [9.17, 15) is 14.7 Å². The summed E-state index contributed by atoms with van der Waals surface area (Å²) >= 11 is 0. The minimum absolute atomic E-state index is 0.219. The zero-order chi connectivity index (χ0) is 14.9. The average molecular weight is 291 g/mol. The molecule has 114 valence electrons. The van der Waals surface area contributed by atoms with Crippen LogP contribution in [0.25, 0.3) is 0 Å². The van der Waals surface area contributed by atoms with E-state index in [4.69, 9.17) is 0 Å². The molecule has 0 spiro atoms. The quantitative estimate of drug-likeness (QED) is 0.739. The van der Waals surface area contributed by atoms with Gasteiger partial charge in [0.2, 0.25) is 0 Å². The third-order valence-corrected chi connectivity index (χ3v) is 4.46. The Kier molecular flexibility index (Phi) is 3.69. The fourth-order valence-electron chi connectivity index (χ4n) is 3.06. The van der Waals surface area contributed by atoms with Crippen molar-refractivity contribution in [2.45, 2.75) is 62.8 Å². The molecular formula is C15H21N3O3. The molecule has 0 aliphatic heterocycles. The molecule has 0 unspecified atom stereocenters. The highest BCUT2D eigenvalue weighted by atomic mass is 16.4. The molecule has 2 aliphatic rings. The molecule has 3 N–H and O–H groups in total. The summed E-state index contributed by atoms with van der Waals surface area (Å²) in [5.74, 6) is 0.554. The van der Waals surface area contributed by atoms with Crippen molar-refractivity contribution < 1.29 is 9.90 Å². The van der Waals surface area contributed by atoms with Crippen LogP contribution in [0.1, 0.15) is 63.1 Å². The minimum atomic E-state index is -0.988. The summed E-state index contributed by atoms with van der Waals surface area (Å²) in [5.41, 5.74) is -1.21. The first-order chi connectivity index (χ1) is 10.1. The number of hydrogen-bond acceptors (Lipinski definition) is 4. The molecule has 0 amide bonds. The fraction of sp³-hybridized carbons (Fsp3) is 0.667. The average Bonchev–Trinajstić information content (AvgIpc) is 3.26. The van der Waals surface area contributed by atoms with Crippen molar-refractivity contribution in [2.24, 2.45) is 0 Å². The summed E-state index contributed by atoms with van der Waals surface area (Å²) in [5, 5.41) is 12.7. The third-order valence-electron chi connectivity index (χ3n) is 4.46. The van der Waals surface area contributed by atoms with E-state index in [2.05, 4.69) is 15.3 Å². The van der Waals surface area contributed by atoms with Crippen LogP contribution in [0.3, 0.4) is 0 Å². The molecule has 0 radical (unpaired) electrons. The van der Waals surface area contributed by atoms with E-state index in [1.54, 1.807) is 0 Å². The van der Waals surface area contributed by atoms with Gasteiger partial charge in [-0.3, -0.25) is 4.79 Å². The molecule has 1 aromatic rings. The van der Waals surface area contributed by atoms with Crippen molar-refractivity contribution >= 4 is 11.8 Å². The fourth-order valence-corrected chi connectivity index (χ4v) is 3.06. The lowest BCUT2D eigenvalue weighted by molar-refractivity contribution is -0.142. The highest BCUT2D eigenvalue weighted by Crippen LogP contribution is 2.38. The van der Waals surface area contributed by atoms with Gasteiger partial charge in [0, 0.05) is 12.0 Å². The Morgan fingerprint density at radius 2 is 1.95 bits per heavy atom. The summed E-state index contributed by atoms with van der Waals surface area (Å²) in [6, 6.07) is 1.36. The van der Waals surface area contributed by atoms with Crippen molar-refractivity contribution in [2.75, 3.05) is 5.32 Å². The standard InChI is InChI=1S/C15H21N3O3/c19-12-9-11(16-13(17-12)10-5-6-10)18-15(14(20)21)7-3-1-2-4-8-15/h9-10H,1-8H2,(H,20,21)(H2,16,17,18,19). The lowest BCUT2D eigenvalue weighted by Gasteiger charge is -2.29. The van der Waals surface area contributed by atoms with Crippen LogP contribution in [-0.4, -0.2) is 26.6 Å². The molecule has 6 heteroatoms. The molecule has 6 nitrogen and oxygen atoms in total. The van der Waals surface area contributed by atoms with E-state index >= 15 is 0 Å². The maximum absolute atomic E-state index is 11.8. The number of H-pyrrole nitrogens is 1. The molecule has 2 aliphatic carbocycles. The minimum Gasteiger partial charge on any atom is -0.480 e. The molecule has 2 saturated carbocycles. The number of nitrogens with zero attached hydrogens (tertiary/aromatic N) is 1. The number of nitrogens with one attached hydrogen (secondary N) is 2. The predicted molar refractivity (Wildman–Crippen MR) is 78.5 cm³/mol. The van der Waals surface area contributed by atoms with Gasteiger partial charge in [0.05, 0.1) is 0 Å². The van der Waals surface area contributed by atoms with Crippen molar-refractivity contribution in [1.82, 2.24) is 9.97 Å². The first kappa shape index (κ1) is 14.1. The first-order valence-electron chi connectivity index (χ1n) is 7.72. The van der Waals surface area contributed by atoms with Gasteiger partial charge in [-0.2, -0.15) is 0 Å². The summed E-state index contributed by atoms with van der Waals surface area (Å²) < 4.78 is 0. The van der Waals surface area contributed by atoms with Gasteiger partial charge in [-0.05, 0) is 25.7 Å². The topological polar surface area (TPSA) is 95.1 Å². The van der Waals surface area contributed by atoms with Crippen molar-refractivity contribution in [1.29, 1.82) is 0 Å². The van der Waals surface area contributed by atoms with Gasteiger partial charge in [0.1, 0.15) is 17.2 Å². The Balaban J connectivity index is 1.88. The second-order valence-corrected chi connectivity index (χ2v) is 6.22. The summed E-state index contributed by atoms with van der Waals surface area (Å²) in [7, 11) is 0. The monoisotopic (exact) mass is 291 g/mol. The molecule has 0 atom stereocenters. The van der Waals surface area contributed by atoms with Gasteiger partial charge >= 0.3 is 5.97 Å². The van der Waals surface area contributed by atoms with E-state index in [1.165, 1.54) is 6.07 Å². The van der Waals surface area contributed by atoms with Crippen LogP contribution in [0, 0.1) is 0 Å². The first-order valence-corrected chi connectivity index (χ1v) is 7.72. The van der Waals surface area contributed by atoms with E-state index in [1.807, 2.05) is 0 Å². The van der Waals surface area contributed by atoms with Gasteiger partial charge in [-0.25, -0.2) is 9.78 Å². The summed E-state index contributed by atoms with van der Waals surface area (Å²) in [4.78, 5) is 30.7. The van der Waals surface area contributed by atoms with Crippen LogP contribution in [0.4, 0.5) is 5.82 Å². The summed E-state index contributed by atoms with van der Waals surface area (Å²) in [6.45, 7) is 0. The van der Waals surface area contributed by atoms with Crippen LogP contribution in [0.15, 0.2) is 10.9 Å². The Morgan fingerprint density at radius 1 is 1.29 bits per heavy atom. The van der Waals surface area contributed by atoms with Crippen LogP contribution in [0.2, 0.25) is 0 Å². The highest BCUT2D eigenvalue weighted by Gasteiger charge is 2.39. The van der Waals surface area contributed by atoms with E-state index in [0.29, 0.717) is 30.4 Å². The number of aromatic nitrogens is 2. The van der Waals surface area contributed by atoms with Crippen LogP contribution < -0.4 is 10.9 Å². The van der Waals surface area contributed by atoms with Gasteiger partial charge in [-0.15, -0.1) is 0 Å². The number of anilines is 1. The van der Waals surface area contributed by atoms with Crippen LogP contribution in [-0.2, 0) is 4.79 Å². The number of carboxylic acids is 1. The van der Waals surface area contributed by atoms with Crippen LogP contribution >= 0.6 is 0 Å². The lowest BCUT2D eigenvalue weighted by atomic mass is 9.90. The van der Waals surface area contributed by atoms with Crippen molar-refractivity contribution in [3.63, 3.8) is 0 Å². The Morgan fingerprint density at radius 3 is 2.52 bits per heavy atom. The number of carboxylic acid groups (broad SMARTS) is 1. The van der Waals surface area contributed by atoms with E-state index in [0.717, 1.165) is 38.5 Å². The van der Waals surface area contributed by atoms with Crippen molar-refractivity contribution in [3.8, 4) is 0 Å². The largest absolute Gasteiger partial charge is 0.480 e. The molecule has 1 heterocycles. The Labute approximate surface area is 123 Å². The number of rotatable bonds is 4. The number of aromatic amines is 1. The number of hydrogen-bond donors (Lipinski definition) is 3. The Hall–Kier alpha value is -1.85. The highest BCUT2D eigenvalue weighted by molar-refractivity contribution is 5.82. The molecule has 1 aromatic heterocycles. The molecular weight excluding hydrogens is 270 g/mol. The Bertz CT molecular complexity index is 584. The van der Waals surface area contributed by atoms with Crippen molar-refractivity contribution in [3.05, 3.63) is 22.2 Å². The summed E-state index contributed by atoms with van der Waals surface area (Å²) in [6.07, 6.45) is 7.13. The maximum Gasteiger partial charge on any atom is 0.329 e. The number of aliphatic carboxylic acids is 1. The smallest absolute Gasteiger partial charge is 0.329 e. The van der Waals surface area contributed by atoms with Gasteiger partial charge in [-0.1, -0.05) is 25.7 Å². The molecule has 3 rings (SSSR count). The molecule has 2 fully saturated rings.